The summed E-state index contributed by atoms with van der Waals surface area (Å²) in [5.74, 6) is -2.46. The molecule has 1 N–H and O–H groups in total. The quantitative estimate of drug-likeness (QED) is 0.509. The summed E-state index contributed by atoms with van der Waals surface area (Å²) in [6.45, 7) is 7.50. The largest absolute Gasteiger partial charge is 0.349 e. The minimum Gasteiger partial charge on any atom is -0.349 e. The average Bonchev–Trinajstić information content (AvgIpc) is 3.47. The Morgan fingerprint density at radius 1 is 1.05 bits per heavy atom. The third-order valence-electron chi connectivity index (χ3n) is 8.92. The summed E-state index contributed by atoms with van der Waals surface area (Å²) in [4.78, 5) is 38.8. The van der Waals surface area contributed by atoms with Crippen molar-refractivity contribution in [1.29, 1.82) is 0 Å². The van der Waals surface area contributed by atoms with Crippen LogP contribution in [0.1, 0.15) is 71.9 Å². The smallest absolute Gasteiger partial charge is 0.257 e. The molecule has 2 saturated heterocycles. The number of carbonyl (C=O) groups excluding carboxylic acids is 2. The molecule has 1 aliphatic carbocycles. The number of nitrogens with zero attached hydrogens (tertiary/aromatic N) is 4. The highest BCUT2D eigenvalue weighted by molar-refractivity contribution is 5.96. The van der Waals surface area contributed by atoms with Gasteiger partial charge in [-0.15, -0.1) is 0 Å². The molecule has 0 bridgehead atoms. The number of nitrogens with one attached hydrogen (secondary N) is 1. The number of alkyl halides is 2. The highest BCUT2D eigenvalue weighted by Crippen LogP contribution is 2.38. The molecule has 1 aromatic carbocycles. The maximum atomic E-state index is 14.0. The number of amides is 2. The van der Waals surface area contributed by atoms with Gasteiger partial charge in [-0.05, 0) is 68.6 Å². The van der Waals surface area contributed by atoms with Crippen LogP contribution < -0.4 is 5.32 Å². The topological polar surface area (TPSA) is 78.4 Å². The van der Waals surface area contributed by atoms with Crippen molar-refractivity contribution in [1.82, 2.24) is 25.1 Å². The molecule has 2 amide bonds. The minimum absolute atomic E-state index is 0.00730. The molecule has 1 saturated carbocycles. The van der Waals surface area contributed by atoms with E-state index in [1.54, 1.807) is 6.07 Å². The van der Waals surface area contributed by atoms with Crippen LogP contribution in [0.2, 0.25) is 0 Å². The molecule has 7 nitrogen and oxygen atoms in total. The van der Waals surface area contributed by atoms with E-state index < -0.39 is 5.92 Å². The van der Waals surface area contributed by atoms with Crippen molar-refractivity contribution in [2.24, 2.45) is 17.8 Å². The average molecular weight is 558 g/mol. The first-order valence-electron chi connectivity index (χ1n) is 14.3. The Kier molecular flexibility index (Phi) is 8.44. The van der Waals surface area contributed by atoms with E-state index >= 15 is 0 Å². The normalized spacial score (nSPS) is 23.7. The van der Waals surface area contributed by atoms with Gasteiger partial charge in [-0.25, -0.2) is 23.1 Å². The molecule has 10 heteroatoms. The molecule has 0 unspecified atom stereocenters. The molecule has 5 rings (SSSR count). The Hall–Kier alpha value is -3.01. The number of likely N-dealkylation sites (tertiary alicyclic amines) is 2. The summed E-state index contributed by atoms with van der Waals surface area (Å²) in [6.07, 6.45) is 2.66. The maximum absolute atomic E-state index is 14.0. The molecule has 3 fully saturated rings. The second-order valence-electron chi connectivity index (χ2n) is 11.9. The molecule has 40 heavy (non-hydrogen) atoms. The SMILES string of the molecule is Cc1ncnc(C)c1C(=O)N1C[C@H]2CN(CC[C@H](NC(=O)CC3CCC(F)(F)CC3)c3cccc(F)c3)C[C@H]2C1. The van der Waals surface area contributed by atoms with Crippen LogP contribution in [0, 0.1) is 37.4 Å². The van der Waals surface area contributed by atoms with E-state index in [0.717, 1.165) is 19.6 Å². The predicted molar refractivity (Wildman–Crippen MR) is 144 cm³/mol. The van der Waals surface area contributed by atoms with Gasteiger partial charge in [0.25, 0.3) is 5.91 Å². The van der Waals surface area contributed by atoms with Gasteiger partial charge in [0.2, 0.25) is 11.8 Å². The van der Waals surface area contributed by atoms with E-state index in [1.807, 2.05) is 24.8 Å². The van der Waals surface area contributed by atoms with Gasteiger partial charge in [0.05, 0.1) is 23.0 Å². The number of hydrogen-bond acceptors (Lipinski definition) is 5. The number of benzene rings is 1. The van der Waals surface area contributed by atoms with Crippen molar-refractivity contribution in [3.8, 4) is 0 Å². The second-order valence-corrected chi connectivity index (χ2v) is 11.9. The third-order valence-corrected chi connectivity index (χ3v) is 8.92. The fourth-order valence-corrected chi connectivity index (χ4v) is 6.68. The Morgan fingerprint density at radius 2 is 1.70 bits per heavy atom. The number of aryl methyl sites for hydroxylation is 2. The standard InChI is InChI=1S/C30H38F3N5O2/c1-19-28(20(2)35-18-34-19)29(40)38-16-23-14-37(15-24(23)17-38)11-8-26(22-4-3-5-25(31)13-22)36-27(39)12-21-6-9-30(32,33)10-7-21/h3-5,13,18,21,23-24,26H,6-12,14-17H2,1-2H3,(H,36,39)/t23-,24+,26-/m0/s1. The molecule has 3 atom stereocenters. The molecular weight excluding hydrogens is 519 g/mol. The number of halogens is 3. The lowest BCUT2D eigenvalue weighted by atomic mass is 9.84. The monoisotopic (exact) mass is 557 g/mol. The van der Waals surface area contributed by atoms with Crippen molar-refractivity contribution in [3.63, 3.8) is 0 Å². The number of rotatable bonds is 8. The van der Waals surface area contributed by atoms with Crippen LogP contribution in [0.25, 0.3) is 0 Å². The highest BCUT2D eigenvalue weighted by atomic mass is 19.3. The zero-order valence-corrected chi connectivity index (χ0v) is 23.2. The third kappa shape index (κ3) is 6.65. The molecule has 0 spiro atoms. The van der Waals surface area contributed by atoms with Crippen molar-refractivity contribution in [2.45, 2.75) is 64.3 Å². The second kappa shape index (κ2) is 11.8. The van der Waals surface area contributed by atoms with E-state index in [9.17, 15) is 22.8 Å². The molecule has 3 heterocycles. The van der Waals surface area contributed by atoms with Gasteiger partial charge < -0.3 is 15.1 Å². The zero-order chi connectivity index (χ0) is 28.4. The number of aromatic nitrogens is 2. The Labute approximate surface area is 233 Å². The summed E-state index contributed by atoms with van der Waals surface area (Å²) in [7, 11) is 0. The molecule has 216 valence electrons. The highest BCUT2D eigenvalue weighted by Gasteiger charge is 2.42. The summed E-state index contributed by atoms with van der Waals surface area (Å²) < 4.78 is 41.1. The molecule has 2 aromatic rings. The van der Waals surface area contributed by atoms with Crippen LogP contribution in [0.4, 0.5) is 13.2 Å². The summed E-state index contributed by atoms with van der Waals surface area (Å²) >= 11 is 0. The van der Waals surface area contributed by atoms with E-state index in [0.29, 0.717) is 66.7 Å². The van der Waals surface area contributed by atoms with Crippen LogP contribution in [0.3, 0.4) is 0 Å². The van der Waals surface area contributed by atoms with Gasteiger partial charge in [-0.2, -0.15) is 0 Å². The van der Waals surface area contributed by atoms with Gasteiger partial charge >= 0.3 is 0 Å². The van der Waals surface area contributed by atoms with E-state index in [1.165, 1.54) is 18.5 Å². The van der Waals surface area contributed by atoms with E-state index in [4.69, 9.17) is 0 Å². The van der Waals surface area contributed by atoms with Crippen LogP contribution in [-0.4, -0.2) is 70.2 Å². The first-order chi connectivity index (χ1) is 19.1. The summed E-state index contributed by atoms with van der Waals surface area (Å²) in [5.41, 5.74) is 2.69. The van der Waals surface area contributed by atoms with Crippen LogP contribution in [-0.2, 0) is 4.79 Å². The van der Waals surface area contributed by atoms with E-state index in [-0.39, 0.29) is 48.9 Å². The molecule has 1 aromatic heterocycles. The molecular formula is C30H38F3N5O2. The number of hydrogen-bond donors (Lipinski definition) is 1. The maximum Gasteiger partial charge on any atom is 0.257 e. The molecule has 3 aliphatic rings. The molecule has 0 radical (unpaired) electrons. The first kappa shape index (κ1) is 28.5. The molecule has 2 aliphatic heterocycles. The van der Waals surface area contributed by atoms with Crippen molar-refractivity contribution in [3.05, 3.63) is 58.9 Å². The Morgan fingerprint density at radius 3 is 2.33 bits per heavy atom. The lowest BCUT2D eigenvalue weighted by molar-refractivity contribution is -0.124. The first-order valence-corrected chi connectivity index (χ1v) is 14.3. The summed E-state index contributed by atoms with van der Waals surface area (Å²) in [5, 5.41) is 3.07. The minimum atomic E-state index is -2.62. The van der Waals surface area contributed by atoms with Crippen LogP contribution >= 0.6 is 0 Å². The van der Waals surface area contributed by atoms with Gasteiger partial charge in [-0.3, -0.25) is 9.59 Å². The zero-order valence-electron chi connectivity index (χ0n) is 23.2. The fourth-order valence-electron chi connectivity index (χ4n) is 6.68. The lowest BCUT2D eigenvalue weighted by Gasteiger charge is -2.29. The van der Waals surface area contributed by atoms with Crippen molar-refractivity contribution in [2.75, 3.05) is 32.7 Å². The fraction of sp³-hybridized carbons (Fsp3) is 0.600. The van der Waals surface area contributed by atoms with Gasteiger partial charge in [0, 0.05) is 52.0 Å². The van der Waals surface area contributed by atoms with E-state index in [2.05, 4.69) is 20.2 Å². The Balaban J connectivity index is 1.16. The predicted octanol–water partition coefficient (Wildman–Crippen LogP) is 4.70. The Bertz CT molecular complexity index is 1200. The summed E-state index contributed by atoms with van der Waals surface area (Å²) in [6, 6.07) is 5.92. The number of carbonyl (C=O) groups is 2. The van der Waals surface area contributed by atoms with Crippen molar-refractivity contribution < 1.29 is 22.8 Å². The lowest BCUT2D eigenvalue weighted by Crippen LogP contribution is -2.36. The number of fused-ring (bicyclic) bond motifs is 1. The van der Waals surface area contributed by atoms with Crippen LogP contribution in [0.5, 0.6) is 0 Å². The van der Waals surface area contributed by atoms with Gasteiger partial charge in [-0.1, -0.05) is 12.1 Å². The van der Waals surface area contributed by atoms with Gasteiger partial charge in [0.15, 0.2) is 0 Å². The van der Waals surface area contributed by atoms with Crippen molar-refractivity contribution >= 4 is 11.8 Å². The van der Waals surface area contributed by atoms with Gasteiger partial charge in [0.1, 0.15) is 12.1 Å². The van der Waals surface area contributed by atoms with Crippen LogP contribution in [0.15, 0.2) is 30.6 Å².